The Morgan fingerprint density at radius 3 is 2.38 bits per heavy atom. The summed E-state index contributed by atoms with van der Waals surface area (Å²) >= 11 is 0. The van der Waals surface area contributed by atoms with E-state index in [-0.39, 0.29) is 5.91 Å². The molecule has 0 saturated heterocycles. The summed E-state index contributed by atoms with van der Waals surface area (Å²) in [4.78, 5) is 12.2. The Kier molecular flexibility index (Phi) is 3.32. The van der Waals surface area contributed by atoms with E-state index in [1.54, 1.807) is 11.8 Å². The van der Waals surface area contributed by atoms with E-state index in [4.69, 9.17) is 0 Å². The van der Waals surface area contributed by atoms with Gasteiger partial charge in [-0.2, -0.15) is 0 Å². The number of rotatable bonds is 2. The number of carbonyl (C=O) groups is 1. The molecular formula is C5H12BNO. The Morgan fingerprint density at radius 1 is 1.75 bits per heavy atom. The highest BCUT2D eigenvalue weighted by molar-refractivity contribution is 6.08. The van der Waals surface area contributed by atoms with E-state index in [0.717, 1.165) is 12.9 Å². The lowest BCUT2D eigenvalue weighted by Gasteiger charge is -2.11. The number of amides is 1. The van der Waals surface area contributed by atoms with Crippen LogP contribution in [0.4, 0.5) is 0 Å². The van der Waals surface area contributed by atoms with Crippen molar-refractivity contribution in [3.05, 3.63) is 0 Å². The number of carbonyl (C=O) groups excluding carboxylic acids is 1. The van der Waals surface area contributed by atoms with Crippen LogP contribution in [0.25, 0.3) is 0 Å². The lowest BCUT2D eigenvalue weighted by Crippen LogP contribution is -2.24. The highest BCUT2D eigenvalue weighted by Crippen LogP contribution is 1.83. The van der Waals surface area contributed by atoms with Gasteiger partial charge in [0.15, 0.2) is 0 Å². The zero-order valence-corrected chi connectivity index (χ0v) is 5.77. The molecule has 0 aliphatic heterocycles. The summed E-state index contributed by atoms with van der Waals surface area (Å²) in [7, 11) is 3.87. The first-order valence-electron chi connectivity index (χ1n) is 2.90. The van der Waals surface area contributed by atoms with E-state index in [1.807, 2.05) is 7.05 Å². The lowest BCUT2D eigenvalue weighted by molar-refractivity contribution is -0.127. The molecule has 1 amide bonds. The molecule has 8 heavy (non-hydrogen) atoms. The van der Waals surface area contributed by atoms with Crippen LogP contribution in [-0.4, -0.2) is 32.2 Å². The summed E-state index contributed by atoms with van der Waals surface area (Å²) < 4.78 is 0. The molecule has 0 spiro atoms. The minimum absolute atomic E-state index is 0.145. The molecule has 0 fully saturated rings. The summed E-state index contributed by atoms with van der Waals surface area (Å²) in [5.74, 6) is 0.145. The standard InChI is InChI=1S/C5H12BNO/c1-5(8)7(2)4-3-6/h3-4,6H2,1-2H3. The van der Waals surface area contributed by atoms with Crippen LogP contribution in [0.15, 0.2) is 0 Å². The summed E-state index contributed by atoms with van der Waals surface area (Å²) in [6, 6.07) is 0. The van der Waals surface area contributed by atoms with Gasteiger partial charge in [0.25, 0.3) is 0 Å². The minimum Gasteiger partial charge on any atom is -0.347 e. The van der Waals surface area contributed by atoms with E-state index in [0.29, 0.717) is 0 Å². The zero-order chi connectivity index (χ0) is 6.57. The molecule has 0 atom stereocenters. The Balaban J connectivity index is 3.32. The number of hydrogen-bond donors (Lipinski definition) is 0. The normalized spacial score (nSPS) is 8.75. The molecule has 0 rings (SSSR count). The summed E-state index contributed by atoms with van der Waals surface area (Å²) in [6.45, 7) is 2.45. The fourth-order valence-electron chi connectivity index (χ4n) is 0.493. The van der Waals surface area contributed by atoms with Crippen molar-refractivity contribution in [3.63, 3.8) is 0 Å². The molecule has 46 valence electrons. The maximum absolute atomic E-state index is 10.5. The summed E-state index contributed by atoms with van der Waals surface area (Å²) in [6.07, 6.45) is 1.04. The average Bonchev–Trinajstić information content (AvgIpc) is 1.67. The molecule has 2 nitrogen and oxygen atoms in total. The molecule has 0 aliphatic rings. The molecule has 0 radical (unpaired) electrons. The van der Waals surface area contributed by atoms with E-state index >= 15 is 0 Å². The Morgan fingerprint density at radius 2 is 2.25 bits per heavy atom. The van der Waals surface area contributed by atoms with Crippen LogP contribution in [0.5, 0.6) is 0 Å². The quantitative estimate of drug-likeness (QED) is 0.442. The molecule has 0 unspecified atom stereocenters. The van der Waals surface area contributed by atoms with Gasteiger partial charge in [-0.05, 0) is 0 Å². The average molecular weight is 113 g/mol. The first kappa shape index (κ1) is 7.53. The van der Waals surface area contributed by atoms with Crippen LogP contribution in [0.2, 0.25) is 6.32 Å². The lowest BCUT2D eigenvalue weighted by atomic mass is 10.1. The van der Waals surface area contributed by atoms with Gasteiger partial charge in [0.2, 0.25) is 5.91 Å². The fourth-order valence-corrected chi connectivity index (χ4v) is 0.493. The molecular weight excluding hydrogens is 101 g/mol. The SMILES string of the molecule is BCCN(C)C(C)=O. The molecule has 0 heterocycles. The molecule has 0 N–H and O–H groups in total. The first-order chi connectivity index (χ1) is 3.68. The predicted molar refractivity (Wildman–Crippen MR) is 36.7 cm³/mol. The molecule has 0 saturated carbocycles. The third-order valence-electron chi connectivity index (χ3n) is 1.10. The molecule has 3 heteroatoms. The van der Waals surface area contributed by atoms with Crippen LogP contribution < -0.4 is 0 Å². The molecule has 0 aromatic carbocycles. The van der Waals surface area contributed by atoms with Gasteiger partial charge in [0, 0.05) is 20.5 Å². The van der Waals surface area contributed by atoms with E-state index in [1.165, 1.54) is 0 Å². The third kappa shape index (κ3) is 2.67. The van der Waals surface area contributed by atoms with Gasteiger partial charge in [-0.1, -0.05) is 6.32 Å². The van der Waals surface area contributed by atoms with Crippen molar-refractivity contribution >= 4 is 13.8 Å². The Labute approximate surface area is 51.3 Å². The topological polar surface area (TPSA) is 20.3 Å². The minimum atomic E-state index is 0.145. The van der Waals surface area contributed by atoms with E-state index in [2.05, 4.69) is 7.85 Å². The van der Waals surface area contributed by atoms with Crippen molar-refractivity contribution in [1.29, 1.82) is 0 Å². The number of hydrogen-bond acceptors (Lipinski definition) is 1. The van der Waals surface area contributed by atoms with Crippen LogP contribution in [0, 0.1) is 0 Å². The third-order valence-corrected chi connectivity index (χ3v) is 1.10. The monoisotopic (exact) mass is 113 g/mol. The van der Waals surface area contributed by atoms with Gasteiger partial charge < -0.3 is 4.90 Å². The first-order valence-corrected chi connectivity index (χ1v) is 2.90. The molecule has 0 aromatic rings. The summed E-state index contributed by atoms with van der Waals surface area (Å²) in [5.41, 5.74) is 0. The van der Waals surface area contributed by atoms with Crippen molar-refractivity contribution in [2.24, 2.45) is 0 Å². The molecule has 0 aromatic heterocycles. The smallest absolute Gasteiger partial charge is 0.219 e. The highest BCUT2D eigenvalue weighted by atomic mass is 16.2. The Hall–Kier alpha value is -0.465. The van der Waals surface area contributed by atoms with Gasteiger partial charge in [-0.3, -0.25) is 4.79 Å². The molecule has 0 bridgehead atoms. The van der Waals surface area contributed by atoms with Gasteiger partial charge in [0.1, 0.15) is 7.85 Å². The van der Waals surface area contributed by atoms with Crippen molar-refractivity contribution in [2.75, 3.05) is 13.6 Å². The summed E-state index contributed by atoms with van der Waals surface area (Å²) in [5, 5.41) is 0. The highest BCUT2D eigenvalue weighted by Gasteiger charge is 1.96. The largest absolute Gasteiger partial charge is 0.347 e. The van der Waals surface area contributed by atoms with E-state index in [9.17, 15) is 4.79 Å². The predicted octanol–water partition coefficient (Wildman–Crippen LogP) is -0.484. The van der Waals surface area contributed by atoms with Gasteiger partial charge in [0.05, 0.1) is 0 Å². The van der Waals surface area contributed by atoms with Crippen LogP contribution in [-0.2, 0) is 4.79 Å². The second-order valence-electron chi connectivity index (χ2n) is 1.94. The van der Waals surface area contributed by atoms with Gasteiger partial charge in [-0.25, -0.2) is 0 Å². The van der Waals surface area contributed by atoms with Gasteiger partial charge >= 0.3 is 0 Å². The van der Waals surface area contributed by atoms with Crippen molar-refractivity contribution in [2.45, 2.75) is 13.2 Å². The van der Waals surface area contributed by atoms with Crippen molar-refractivity contribution < 1.29 is 4.79 Å². The van der Waals surface area contributed by atoms with Crippen LogP contribution >= 0.6 is 0 Å². The van der Waals surface area contributed by atoms with Crippen molar-refractivity contribution in [1.82, 2.24) is 4.90 Å². The second kappa shape index (κ2) is 3.53. The maximum Gasteiger partial charge on any atom is 0.219 e. The zero-order valence-electron chi connectivity index (χ0n) is 5.77. The van der Waals surface area contributed by atoms with Crippen LogP contribution in [0.1, 0.15) is 6.92 Å². The van der Waals surface area contributed by atoms with Gasteiger partial charge in [-0.15, -0.1) is 0 Å². The fraction of sp³-hybridized carbons (Fsp3) is 0.800. The van der Waals surface area contributed by atoms with Crippen molar-refractivity contribution in [3.8, 4) is 0 Å². The number of nitrogens with zero attached hydrogens (tertiary/aromatic N) is 1. The Bertz CT molecular complexity index is 84.5. The van der Waals surface area contributed by atoms with Crippen LogP contribution in [0.3, 0.4) is 0 Å². The maximum atomic E-state index is 10.5. The molecule has 0 aliphatic carbocycles. The second-order valence-corrected chi connectivity index (χ2v) is 1.94. The van der Waals surface area contributed by atoms with E-state index < -0.39 is 0 Å².